The minimum absolute atomic E-state index is 0.0428. The predicted molar refractivity (Wildman–Crippen MR) is 107 cm³/mol. The van der Waals surface area contributed by atoms with Gasteiger partial charge in [-0.2, -0.15) is 0 Å². The largest absolute Gasteiger partial charge is 0.497 e. The van der Waals surface area contributed by atoms with Gasteiger partial charge in [0.15, 0.2) is 0 Å². The molecule has 2 aliphatic rings. The van der Waals surface area contributed by atoms with E-state index in [0.29, 0.717) is 6.54 Å². The highest BCUT2D eigenvalue weighted by Gasteiger charge is 2.24. The van der Waals surface area contributed by atoms with Gasteiger partial charge in [-0.25, -0.2) is 0 Å². The zero-order valence-electron chi connectivity index (χ0n) is 15.7. The maximum atomic E-state index is 12.7. The molecule has 0 unspecified atom stereocenters. The summed E-state index contributed by atoms with van der Waals surface area (Å²) in [5, 5.41) is 3.17. The van der Waals surface area contributed by atoms with Crippen LogP contribution in [0.2, 0.25) is 0 Å². The van der Waals surface area contributed by atoms with Gasteiger partial charge in [-0.1, -0.05) is 12.1 Å². The quantitative estimate of drug-likeness (QED) is 0.829. The van der Waals surface area contributed by atoms with Gasteiger partial charge in [0.1, 0.15) is 5.75 Å². The van der Waals surface area contributed by atoms with E-state index >= 15 is 0 Å². The second-order valence-electron chi connectivity index (χ2n) is 7.06. The van der Waals surface area contributed by atoms with Crippen LogP contribution in [0.3, 0.4) is 0 Å². The number of benzene rings is 1. The number of ether oxygens (including phenoxy) is 2. The predicted octanol–water partition coefficient (Wildman–Crippen LogP) is 3.05. The molecule has 2 aromatic rings. The smallest absolute Gasteiger partial charge is 0.261 e. The lowest BCUT2D eigenvalue weighted by molar-refractivity contribution is 0.0162. The lowest BCUT2D eigenvalue weighted by Crippen LogP contribution is -2.43. The summed E-state index contributed by atoms with van der Waals surface area (Å²) in [5.74, 6) is 0.887. The Hall–Kier alpha value is -1.89. The number of carbonyl (C=O) groups is 1. The summed E-state index contributed by atoms with van der Waals surface area (Å²) in [6, 6.07) is 10.4. The first-order valence-electron chi connectivity index (χ1n) is 9.60. The van der Waals surface area contributed by atoms with Crippen molar-refractivity contribution >= 4 is 17.2 Å². The topological polar surface area (TPSA) is 50.8 Å². The van der Waals surface area contributed by atoms with E-state index < -0.39 is 0 Å². The summed E-state index contributed by atoms with van der Waals surface area (Å²) >= 11 is 1.66. The Morgan fingerprint density at radius 1 is 1.26 bits per heavy atom. The molecule has 5 nitrogen and oxygen atoms in total. The van der Waals surface area contributed by atoms with E-state index in [0.717, 1.165) is 49.8 Å². The molecule has 6 heteroatoms. The number of amides is 1. The molecule has 1 N–H and O–H groups in total. The van der Waals surface area contributed by atoms with Crippen LogP contribution in [0.1, 0.15) is 38.1 Å². The van der Waals surface area contributed by atoms with Gasteiger partial charge in [0.05, 0.1) is 31.2 Å². The SMILES string of the molecule is COc1ccc([C@H](CNC(=O)c2cc3c(s2)CCC3)N2CCOCC2)cc1. The number of nitrogens with zero attached hydrogens (tertiary/aromatic N) is 1. The Balaban J connectivity index is 1.46. The van der Waals surface area contributed by atoms with Crippen molar-refractivity contribution in [3.05, 3.63) is 51.2 Å². The molecule has 1 aliphatic heterocycles. The van der Waals surface area contributed by atoms with Crippen molar-refractivity contribution in [2.45, 2.75) is 25.3 Å². The Kier molecular flexibility index (Phi) is 5.76. The van der Waals surface area contributed by atoms with Crippen LogP contribution in [-0.2, 0) is 17.6 Å². The van der Waals surface area contributed by atoms with Crippen LogP contribution in [0, 0.1) is 0 Å². The van der Waals surface area contributed by atoms with Crippen LogP contribution in [0.25, 0.3) is 0 Å². The standard InChI is InChI=1S/C21H26N2O3S/c1-25-17-7-5-15(6-8-17)18(23-9-11-26-12-10-23)14-22-21(24)20-13-16-3-2-4-19(16)27-20/h5-8,13,18H,2-4,9-12,14H2,1H3,(H,22,24)/t18-/m0/s1. The molecule has 1 aromatic heterocycles. The second-order valence-corrected chi connectivity index (χ2v) is 8.20. The highest BCUT2D eigenvalue weighted by Crippen LogP contribution is 2.31. The molecule has 0 spiro atoms. The summed E-state index contributed by atoms with van der Waals surface area (Å²) in [7, 11) is 1.67. The highest BCUT2D eigenvalue weighted by atomic mass is 32.1. The summed E-state index contributed by atoms with van der Waals surface area (Å²) in [6.45, 7) is 3.81. The van der Waals surface area contributed by atoms with Gasteiger partial charge < -0.3 is 14.8 Å². The van der Waals surface area contributed by atoms with Crippen molar-refractivity contribution in [3.8, 4) is 5.75 Å². The molecule has 27 heavy (non-hydrogen) atoms. The molecule has 4 rings (SSSR count). The first-order valence-corrected chi connectivity index (χ1v) is 10.4. The monoisotopic (exact) mass is 386 g/mol. The van der Waals surface area contributed by atoms with Crippen molar-refractivity contribution in [1.29, 1.82) is 0 Å². The van der Waals surface area contributed by atoms with Crippen LogP contribution in [0.5, 0.6) is 5.75 Å². The number of carbonyl (C=O) groups excluding carboxylic acids is 1. The average molecular weight is 387 g/mol. The van der Waals surface area contributed by atoms with Gasteiger partial charge in [-0.15, -0.1) is 11.3 Å². The Labute approximate surface area is 164 Å². The van der Waals surface area contributed by atoms with Gasteiger partial charge in [0.25, 0.3) is 5.91 Å². The van der Waals surface area contributed by atoms with Crippen LogP contribution in [0.4, 0.5) is 0 Å². The van der Waals surface area contributed by atoms with E-state index in [4.69, 9.17) is 9.47 Å². The molecule has 1 aliphatic carbocycles. The zero-order valence-corrected chi connectivity index (χ0v) is 16.5. The number of nitrogens with one attached hydrogen (secondary N) is 1. The van der Waals surface area contributed by atoms with Crippen LogP contribution in [-0.4, -0.2) is 50.8 Å². The van der Waals surface area contributed by atoms with E-state index in [-0.39, 0.29) is 11.9 Å². The lowest BCUT2D eigenvalue weighted by atomic mass is 10.0. The molecule has 1 atom stereocenters. The Morgan fingerprint density at radius 3 is 2.74 bits per heavy atom. The van der Waals surface area contributed by atoms with Crippen molar-refractivity contribution in [3.63, 3.8) is 0 Å². The lowest BCUT2D eigenvalue weighted by Gasteiger charge is -2.35. The number of fused-ring (bicyclic) bond motifs is 1. The number of morpholine rings is 1. The summed E-state index contributed by atoms with van der Waals surface area (Å²) in [6.07, 6.45) is 3.45. The molecule has 0 bridgehead atoms. The van der Waals surface area contributed by atoms with E-state index in [1.165, 1.54) is 22.4 Å². The summed E-state index contributed by atoms with van der Waals surface area (Å²) in [5.41, 5.74) is 2.55. The van der Waals surface area contributed by atoms with Crippen LogP contribution < -0.4 is 10.1 Å². The van der Waals surface area contributed by atoms with Crippen LogP contribution >= 0.6 is 11.3 Å². The first-order chi connectivity index (χ1) is 13.2. The minimum atomic E-state index is 0.0428. The third-order valence-corrected chi connectivity index (χ3v) is 6.65. The fourth-order valence-electron chi connectivity index (χ4n) is 3.89. The molecule has 0 radical (unpaired) electrons. The van der Waals surface area contributed by atoms with Gasteiger partial charge in [0.2, 0.25) is 0 Å². The second kappa shape index (κ2) is 8.42. The molecule has 0 saturated carbocycles. The average Bonchev–Trinajstić information content (AvgIpc) is 3.32. The van der Waals surface area contributed by atoms with E-state index in [1.54, 1.807) is 18.4 Å². The minimum Gasteiger partial charge on any atom is -0.497 e. The molecular formula is C21H26N2O3S. The number of rotatable bonds is 6. The van der Waals surface area contributed by atoms with Gasteiger partial charge in [-0.3, -0.25) is 9.69 Å². The molecule has 1 aromatic carbocycles. The third kappa shape index (κ3) is 4.18. The van der Waals surface area contributed by atoms with Crippen LogP contribution in [0.15, 0.2) is 30.3 Å². The maximum absolute atomic E-state index is 12.7. The van der Waals surface area contributed by atoms with E-state index in [2.05, 4.69) is 28.4 Å². The molecule has 1 saturated heterocycles. The first kappa shape index (κ1) is 18.5. The Bertz CT molecular complexity index is 760. The summed E-state index contributed by atoms with van der Waals surface area (Å²) < 4.78 is 10.8. The number of thiophene rings is 1. The molecule has 1 amide bonds. The number of methoxy groups -OCH3 is 1. The number of hydrogen-bond acceptors (Lipinski definition) is 5. The van der Waals surface area contributed by atoms with Gasteiger partial charge in [-0.05, 0) is 48.6 Å². The number of hydrogen-bond donors (Lipinski definition) is 1. The molecule has 1 fully saturated rings. The third-order valence-electron chi connectivity index (χ3n) is 5.41. The van der Waals surface area contributed by atoms with Gasteiger partial charge in [0, 0.05) is 24.5 Å². The van der Waals surface area contributed by atoms with Crippen molar-refractivity contribution < 1.29 is 14.3 Å². The van der Waals surface area contributed by atoms with Crippen molar-refractivity contribution in [1.82, 2.24) is 10.2 Å². The zero-order chi connectivity index (χ0) is 18.6. The van der Waals surface area contributed by atoms with Crippen molar-refractivity contribution in [2.75, 3.05) is 40.0 Å². The molecule has 2 heterocycles. The molecular weight excluding hydrogens is 360 g/mol. The van der Waals surface area contributed by atoms with Gasteiger partial charge >= 0.3 is 0 Å². The fraction of sp³-hybridized carbons (Fsp3) is 0.476. The normalized spacial score (nSPS) is 18.1. The highest BCUT2D eigenvalue weighted by molar-refractivity contribution is 7.14. The van der Waals surface area contributed by atoms with E-state index in [9.17, 15) is 4.79 Å². The fourth-order valence-corrected chi connectivity index (χ4v) is 5.06. The summed E-state index contributed by atoms with van der Waals surface area (Å²) in [4.78, 5) is 17.3. The van der Waals surface area contributed by atoms with Crippen molar-refractivity contribution in [2.24, 2.45) is 0 Å². The number of aryl methyl sites for hydroxylation is 2. The maximum Gasteiger partial charge on any atom is 0.261 e. The van der Waals surface area contributed by atoms with E-state index in [1.807, 2.05) is 12.1 Å². The Morgan fingerprint density at radius 2 is 2.04 bits per heavy atom. The molecule has 144 valence electrons.